The summed E-state index contributed by atoms with van der Waals surface area (Å²) in [5.74, 6) is 1.66. The molecule has 234 valence electrons. The smallest absolute Gasteiger partial charge is 0.226 e. The highest BCUT2D eigenvalue weighted by atomic mass is 32.1. The van der Waals surface area contributed by atoms with Crippen LogP contribution in [0.3, 0.4) is 0 Å². The third-order valence-electron chi connectivity index (χ3n) is 7.02. The SMILES string of the molecule is CCOc1ccc(-c2nc(NC(=O)CCCCCCCCC(=O)Nc3nc(-c4ccc(OCC)cc4)c(C)s3)sc2C)cc1. The largest absolute Gasteiger partial charge is 0.494 e. The van der Waals surface area contributed by atoms with E-state index in [1.807, 2.05) is 76.2 Å². The van der Waals surface area contributed by atoms with Crippen LogP contribution in [-0.2, 0) is 9.59 Å². The molecule has 0 atom stereocenters. The highest BCUT2D eigenvalue weighted by Gasteiger charge is 2.14. The second-order valence-electron chi connectivity index (χ2n) is 10.5. The van der Waals surface area contributed by atoms with E-state index in [-0.39, 0.29) is 11.8 Å². The average Bonchev–Trinajstić information content (AvgIpc) is 3.56. The molecular weight excluding hydrogens is 593 g/mol. The van der Waals surface area contributed by atoms with Crippen LogP contribution in [-0.4, -0.2) is 35.0 Å². The van der Waals surface area contributed by atoms with Gasteiger partial charge in [0.05, 0.1) is 24.6 Å². The number of benzene rings is 2. The molecule has 0 spiro atoms. The lowest BCUT2D eigenvalue weighted by Crippen LogP contribution is -2.11. The van der Waals surface area contributed by atoms with Gasteiger partial charge in [-0.3, -0.25) is 9.59 Å². The van der Waals surface area contributed by atoms with Crippen LogP contribution in [0.5, 0.6) is 11.5 Å². The number of carbonyl (C=O) groups excluding carboxylic acids is 2. The Kier molecular flexibility index (Phi) is 12.7. The van der Waals surface area contributed by atoms with Crippen LogP contribution < -0.4 is 20.1 Å². The van der Waals surface area contributed by atoms with Crippen molar-refractivity contribution in [2.45, 2.75) is 79.1 Å². The van der Waals surface area contributed by atoms with Crippen molar-refractivity contribution < 1.29 is 19.1 Å². The fourth-order valence-electron chi connectivity index (χ4n) is 4.83. The molecule has 0 saturated carbocycles. The molecule has 8 nitrogen and oxygen atoms in total. The lowest BCUT2D eigenvalue weighted by atomic mass is 10.1. The van der Waals surface area contributed by atoms with E-state index in [2.05, 4.69) is 20.6 Å². The maximum Gasteiger partial charge on any atom is 0.226 e. The van der Waals surface area contributed by atoms with E-state index in [0.29, 0.717) is 36.3 Å². The van der Waals surface area contributed by atoms with E-state index >= 15 is 0 Å². The van der Waals surface area contributed by atoms with Gasteiger partial charge in [0.2, 0.25) is 11.8 Å². The van der Waals surface area contributed by atoms with Gasteiger partial charge < -0.3 is 20.1 Å². The van der Waals surface area contributed by atoms with Crippen molar-refractivity contribution in [2.24, 2.45) is 0 Å². The Morgan fingerprint density at radius 3 is 1.34 bits per heavy atom. The maximum atomic E-state index is 12.5. The third-order valence-corrected chi connectivity index (χ3v) is 8.79. The van der Waals surface area contributed by atoms with E-state index in [0.717, 1.165) is 82.3 Å². The Bertz CT molecular complexity index is 1380. The van der Waals surface area contributed by atoms with E-state index < -0.39 is 0 Å². The van der Waals surface area contributed by atoms with Gasteiger partial charge in [-0.05, 0) is 89.1 Å². The number of anilines is 2. The molecule has 2 amide bonds. The van der Waals surface area contributed by atoms with E-state index in [4.69, 9.17) is 9.47 Å². The summed E-state index contributed by atoms with van der Waals surface area (Å²) in [6, 6.07) is 15.7. The summed E-state index contributed by atoms with van der Waals surface area (Å²) >= 11 is 2.99. The first-order valence-electron chi connectivity index (χ1n) is 15.4. The summed E-state index contributed by atoms with van der Waals surface area (Å²) < 4.78 is 11.0. The summed E-state index contributed by atoms with van der Waals surface area (Å²) in [6.07, 6.45) is 6.69. The minimum atomic E-state index is -0.00299. The fourth-order valence-corrected chi connectivity index (χ4v) is 6.53. The molecule has 4 rings (SSSR count). The van der Waals surface area contributed by atoms with Crippen LogP contribution in [0.1, 0.15) is 75.0 Å². The number of hydrogen-bond donors (Lipinski definition) is 2. The van der Waals surface area contributed by atoms with Crippen molar-refractivity contribution >= 4 is 44.8 Å². The van der Waals surface area contributed by atoms with Gasteiger partial charge >= 0.3 is 0 Å². The molecule has 0 radical (unpaired) electrons. The number of nitrogens with zero attached hydrogens (tertiary/aromatic N) is 2. The first-order chi connectivity index (χ1) is 21.4. The molecule has 4 aromatic rings. The van der Waals surface area contributed by atoms with Gasteiger partial charge in [0.1, 0.15) is 11.5 Å². The Morgan fingerprint density at radius 2 is 0.977 bits per heavy atom. The molecule has 0 aliphatic heterocycles. The van der Waals surface area contributed by atoms with E-state index in [1.165, 1.54) is 22.7 Å². The second kappa shape index (κ2) is 16.9. The van der Waals surface area contributed by atoms with Gasteiger partial charge in [0.25, 0.3) is 0 Å². The normalized spacial score (nSPS) is 10.9. The molecule has 0 aliphatic rings. The van der Waals surface area contributed by atoms with Gasteiger partial charge in [-0.2, -0.15) is 0 Å². The topological polar surface area (TPSA) is 102 Å². The molecule has 0 fully saturated rings. The summed E-state index contributed by atoms with van der Waals surface area (Å²) in [7, 11) is 0. The predicted octanol–water partition coefficient (Wildman–Crippen LogP) is 9.05. The molecule has 2 aromatic carbocycles. The number of rotatable bonds is 17. The zero-order chi connectivity index (χ0) is 31.3. The van der Waals surface area contributed by atoms with Crippen molar-refractivity contribution in [3.8, 4) is 34.0 Å². The van der Waals surface area contributed by atoms with Gasteiger partial charge in [0.15, 0.2) is 10.3 Å². The fraction of sp³-hybridized carbons (Fsp3) is 0.412. The highest BCUT2D eigenvalue weighted by molar-refractivity contribution is 7.16. The van der Waals surface area contributed by atoms with Gasteiger partial charge in [-0.25, -0.2) is 9.97 Å². The summed E-state index contributed by atoms with van der Waals surface area (Å²) in [4.78, 5) is 36.4. The maximum absolute atomic E-state index is 12.5. The van der Waals surface area contributed by atoms with E-state index in [9.17, 15) is 9.59 Å². The zero-order valence-corrected chi connectivity index (χ0v) is 27.7. The summed E-state index contributed by atoms with van der Waals surface area (Å²) in [5, 5.41) is 7.19. The molecule has 44 heavy (non-hydrogen) atoms. The number of amides is 2. The van der Waals surface area contributed by atoms with Crippen LogP contribution in [0.15, 0.2) is 48.5 Å². The van der Waals surface area contributed by atoms with Crippen molar-refractivity contribution in [1.82, 2.24) is 9.97 Å². The molecule has 0 saturated heterocycles. The number of thiazole rings is 2. The monoisotopic (exact) mass is 634 g/mol. The standard InChI is InChI=1S/C34H42N4O4S2/c1-5-41-27-19-15-25(16-20-27)31-23(3)43-33(37-31)35-29(39)13-11-9-7-8-10-12-14-30(40)36-34-38-32(24(4)44-34)26-17-21-28(22-18-26)42-6-2/h15-22H,5-14H2,1-4H3,(H,35,37,39)(H,36,38,40). The molecule has 2 N–H and O–H groups in total. The minimum absolute atomic E-state index is 0.00299. The number of aromatic nitrogens is 2. The Labute approximate surface area is 268 Å². The zero-order valence-electron chi connectivity index (χ0n) is 26.0. The minimum Gasteiger partial charge on any atom is -0.494 e. The van der Waals surface area contributed by atoms with Gasteiger partial charge in [-0.15, -0.1) is 22.7 Å². The number of nitrogens with one attached hydrogen (secondary N) is 2. The molecule has 0 aliphatic carbocycles. The molecule has 0 bridgehead atoms. The Morgan fingerprint density at radius 1 is 0.614 bits per heavy atom. The van der Waals surface area contributed by atoms with E-state index in [1.54, 1.807) is 0 Å². The van der Waals surface area contributed by atoms with Crippen LogP contribution in [0.25, 0.3) is 22.5 Å². The van der Waals surface area contributed by atoms with Gasteiger partial charge in [0, 0.05) is 33.7 Å². The third kappa shape index (κ3) is 9.89. The number of aryl methyl sites for hydroxylation is 2. The molecule has 0 unspecified atom stereocenters. The Hall–Kier alpha value is -3.76. The van der Waals surface area contributed by atoms with Crippen molar-refractivity contribution in [2.75, 3.05) is 23.8 Å². The molecule has 2 heterocycles. The van der Waals surface area contributed by atoms with Crippen LogP contribution in [0.2, 0.25) is 0 Å². The predicted molar refractivity (Wildman–Crippen MR) is 181 cm³/mol. The number of hydrogen-bond acceptors (Lipinski definition) is 8. The molecule has 10 heteroatoms. The lowest BCUT2D eigenvalue weighted by Gasteiger charge is -2.04. The molecular formula is C34H42N4O4S2. The van der Waals surface area contributed by atoms with Crippen molar-refractivity contribution in [1.29, 1.82) is 0 Å². The molecule has 2 aromatic heterocycles. The highest BCUT2D eigenvalue weighted by Crippen LogP contribution is 2.33. The van der Waals surface area contributed by atoms with Crippen LogP contribution in [0, 0.1) is 13.8 Å². The number of unbranched alkanes of at least 4 members (excludes halogenated alkanes) is 5. The second-order valence-corrected chi connectivity index (χ2v) is 12.9. The summed E-state index contributed by atoms with van der Waals surface area (Å²) in [6.45, 7) is 9.22. The quantitative estimate of drug-likeness (QED) is 0.112. The lowest BCUT2D eigenvalue weighted by molar-refractivity contribution is -0.117. The summed E-state index contributed by atoms with van der Waals surface area (Å²) in [5.41, 5.74) is 3.79. The first kappa shape index (κ1) is 33.1. The van der Waals surface area contributed by atoms with Crippen molar-refractivity contribution in [3.63, 3.8) is 0 Å². The first-order valence-corrected chi connectivity index (χ1v) is 17.0. The average molecular weight is 635 g/mol. The number of ether oxygens (including phenoxy) is 2. The van der Waals surface area contributed by atoms with Crippen molar-refractivity contribution in [3.05, 3.63) is 58.3 Å². The van der Waals surface area contributed by atoms with Gasteiger partial charge in [-0.1, -0.05) is 25.7 Å². The number of carbonyl (C=O) groups is 2. The van der Waals surface area contributed by atoms with Crippen LogP contribution >= 0.6 is 22.7 Å². The Balaban J connectivity index is 1.08. The van der Waals surface area contributed by atoms with Crippen LogP contribution in [0.4, 0.5) is 10.3 Å².